The number of para-hydroxylation sites is 1. The van der Waals surface area contributed by atoms with Crippen LogP contribution in [0.15, 0.2) is 53.1 Å². The van der Waals surface area contributed by atoms with E-state index in [0.29, 0.717) is 12.5 Å². The number of oxazole rings is 1. The van der Waals surface area contributed by atoms with Gasteiger partial charge in [0.05, 0.1) is 7.11 Å². The highest BCUT2D eigenvalue weighted by atomic mass is 16.5. The molecular weight excluding hydrogens is 330 g/mol. The van der Waals surface area contributed by atoms with Crippen molar-refractivity contribution in [3.63, 3.8) is 0 Å². The highest BCUT2D eigenvalue weighted by Crippen LogP contribution is 2.42. The Balaban J connectivity index is 1.47. The molecule has 0 unspecified atom stereocenters. The molecule has 5 heteroatoms. The Morgan fingerprint density at radius 3 is 2.69 bits per heavy atom. The summed E-state index contributed by atoms with van der Waals surface area (Å²) in [6.07, 6.45) is 2.50. The highest BCUT2D eigenvalue weighted by molar-refractivity contribution is 5.54. The first-order chi connectivity index (χ1) is 12.5. The lowest BCUT2D eigenvalue weighted by atomic mass is 10.0. The van der Waals surface area contributed by atoms with Crippen LogP contribution in [0.4, 0.5) is 0 Å². The van der Waals surface area contributed by atoms with Gasteiger partial charge in [-0.1, -0.05) is 12.1 Å². The van der Waals surface area contributed by atoms with Gasteiger partial charge < -0.3 is 18.6 Å². The van der Waals surface area contributed by atoms with Crippen LogP contribution in [-0.4, -0.2) is 17.7 Å². The van der Waals surface area contributed by atoms with Crippen LogP contribution in [0.2, 0.25) is 0 Å². The molecule has 5 nitrogen and oxygen atoms in total. The molecule has 1 aromatic heterocycles. The summed E-state index contributed by atoms with van der Waals surface area (Å²) >= 11 is 0. The average molecular weight is 351 g/mol. The Bertz CT molecular complexity index is 912. The van der Waals surface area contributed by atoms with E-state index >= 15 is 0 Å². The second-order valence-electron chi connectivity index (χ2n) is 6.94. The monoisotopic (exact) mass is 351 g/mol. The molecule has 3 aromatic rings. The second kappa shape index (κ2) is 6.41. The standard InChI is InChI=1S/C21H21NO4/c1-21(2)11-15-5-4-6-18(19(15)26-21)24-12-16-13-25-20(22-16)14-7-9-17(23-3)10-8-14/h4-10,13H,11-12H2,1-3H3. The van der Waals surface area contributed by atoms with Crippen LogP contribution in [0.3, 0.4) is 0 Å². The minimum Gasteiger partial charge on any atom is -0.497 e. The molecule has 1 aliphatic heterocycles. The summed E-state index contributed by atoms with van der Waals surface area (Å²) in [7, 11) is 1.64. The van der Waals surface area contributed by atoms with Gasteiger partial charge in [-0.2, -0.15) is 0 Å². The van der Waals surface area contributed by atoms with Crippen LogP contribution in [0.5, 0.6) is 17.2 Å². The molecule has 1 aliphatic rings. The van der Waals surface area contributed by atoms with Crippen LogP contribution in [-0.2, 0) is 13.0 Å². The van der Waals surface area contributed by atoms with Crippen molar-refractivity contribution >= 4 is 0 Å². The van der Waals surface area contributed by atoms with Crippen molar-refractivity contribution < 1.29 is 18.6 Å². The largest absolute Gasteiger partial charge is 0.497 e. The van der Waals surface area contributed by atoms with Crippen molar-refractivity contribution in [2.75, 3.05) is 7.11 Å². The first kappa shape index (κ1) is 16.5. The normalized spacial score (nSPS) is 14.6. The van der Waals surface area contributed by atoms with E-state index in [1.165, 1.54) is 5.56 Å². The predicted octanol–water partition coefficient (Wildman–Crippen LogP) is 4.64. The number of rotatable bonds is 5. The van der Waals surface area contributed by atoms with Gasteiger partial charge in [-0.05, 0) is 44.2 Å². The lowest BCUT2D eigenvalue weighted by Crippen LogP contribution is -2.24. The number of methoxy groups -OCH3 is 1. The molecule has 26 heavy (non-hydrogen) atoms. The summed E-state index contributed by atoms with van der Waals surface area (Å²) in [5, 5.41) is 0. The van der Waals surface area contributed by atoms with E-state index in [1.54, 1.807) is 13.4 Å². The van der Waals surface area contributed by atoms with Gasteiger partial charge in [-0.3, -0.25) is 0 Å². The molecule has 0 saturated carbocycles. The van der Waals surface area contributed by atoms with E-state index in [9.17, 15) is 0 Å². The molecule has 0 bridgehead atoms. The molecule has 0 saturated heterocycles. The number of aromatic nitrogens is 1. The number of fused-ring (bicyclic) bond motifs is 1. The van der Waals surface area contributed by atoms with Crippen molar-refractivity contribution in [3.8, 4) is 28.7 Å². The van der Waals surface area contributed by atoms with Gasteiger partial charge in [-0.25, -0.2) is 4.98 Å². The molecule has 134 valence electrons. The molecule has 0 fully saturated rings. The average Bonchev–Trinajstić information content (AvgIpc) is 3.23. The SMILES string of the molecule is COc1ccc(-c2nc(COc3cccc4c3OC(C)(C)C4)co2)cc1. The fourth-order valence-electron chi connectivity index (χ4n) is 3.09. The zero-order valence-electron chi connectivity index (χ0n) is 15.1. The lowest BCUT2D eigenvalue weighted by molar-refractivity contribution is 0.131. The van der Waals surface area contributed by atoms with Crippen molar-refractivity contribution in [2.45, 2.75) is 32.5 Å². The Hall–Kier alpha value is -2.95. The maximum atomic E-state index is 6.03. The van der Waals surface area contributed by atoms with Gasteiger partial charge in [0, 0.05) is 17.5 Å². The molecular formula is C21H21NO4. The second-order valence-corrected chi connectivity index (χ2v) is 6.94. The predicted molar refractivity (Wildman–Crippen MR) is 97.7 cm³/mol. The van der Waals surface area contributed by atoms with Gasteiger partial charge in [0.15, 0.2) is 11.5 Å². The molecule has 0 amide bonds. The Labute approximate surface area is 152 Å². The summed E-state index contributed by atoms with van der Waals surface area (Å²) in [5.41, 5.74) is 2.59. The van der Waals surface area contributed by atoms with Crippen LogP contribution >= 0.6 is 0 Å². The molecule has 4 rings (SSSR count). The number of nitrogens with zero attached hydrogens (tertiary/aromatic N) is 1. The first-order valence-electron chi connectivity index (χ1n) is 8.57. The maximum Gasteiger partial charge on any atom is 0.226 e. The van der Waals surface area contributed by atoms with E-state index in [0.717, 1.165) is 34.9 Å². The van der Waals surface area contributed by atoms with E-state index < -0.39 is 0 Å². The van der Waals surface area contributed by atoms with E-state index in [2.05, 4.69) is 24.9 Å². The molecule has 0 radical (unpaired) electrons. The molecule has 0 atom stereocenters. The van der Waals surface area contributed by atoms with Crippen molar-refractivity contribution in [1.29, 1.82) is 0 Å². The summed E-state index contributed by atoms with van der Waals surface area (Å²) < 4.78 is 22.7. The zero-order chi connectivity index (χ0) is 18.1. The summed E-state index contributed by atoms with van der Waals surface area (Å²) in [5.74, 6) is 2.92. The van der Waals surface area contributed by atoms with Crippen LogP contribution < -0.4 is 14.2 Å². The minimum atomic E-state index is -0.197. The zero-order valence-corrected chi connectivity index (χ0v) is 15.1. The number of hydrogen-bond acceptors (Lipinski definition) is 5. The Morgan fingerprint density at radius 2 is 1.92 bits per heavy atom. The van der Waals surface area contributed by atoms with Crippen molar-refractivity contribution in [3.05, 3.63) is 60.0 Å². The van der Waals surface area contributed by atoms with Crippen molar-refractivity contribution in [2.24, 2.45) is 0 Å². The van der Waals surface area contributed by atoms with Gasteiger partial charge in [-0.15, -0.1) is 0 Å². The molecule has 0 spiro atoms. The van der Waals surface area contributed by atoms with Crippen LogP contribution in [0, 0.1) is 0 Å². The van der Waals surface area contributed by atoms with Crippen molar-refractivity contribution in [1.82, 2.24) is 4.98 Å². The Morgan fingerprint density at radius 1 is 1.12 bits per heavy atom. The highest BCUT2D eigenvalue weighted by Gasteiger charge is 2.32. The third kappa shape index (κ3) is 3.25. The Kier molecular flexibility index (Phi) is 4.07. The van der Waals surface area contributed by atoms with Crippen LogP contribution in [0.25, 0.3) is 11.5 Å². The summed E-state index contributed by atoms with van der Waals surface area (Å²) in [6.45, 7) is 4.48. The number of hydrogen-bond donors (Lipinski definition) is 0. The summed E-state index contributed by atoms with van der Waals surface area (Å²) in [4.78, 5) is 4.50. The van der Waals surface area contributed by atoms with Gasteiger partial charge in [0.1, 0.15) is 29.9 Å². The molecule has 2 heterocycles. The molecule has 2 aromatic carbocycles. The first-order valence-corrected chi connectivity index (χ1v) is 8.57. The number of ether oxygens (including phenoxy) is 3. The minimum absolute atomic E-state index is 0.197. The fraction of sp³-hybridized carbons (Fsp3) is 0.286. The number of benzene rings is 2. The van der Waals surface area contributed by atoms with E-state index in [-0.39, 0.29) is 5.60 Å². The van der Waals surface area contributed by atoms with Crippen LogP contribution in [0.1, 0.15) is 25.1 Å². The third-order valence-corrected chi connectivity index (χ3v) is 4.32. The fourth-order valence-corrected chi connectivity index (χ4v) is 3.09. The third-order valence-electron chi connectivity index (χ3n) is 4.32. The molecule has 0 aliphatic carbocycles. The smallest absolute Gasteiger partial charge is 0.226 e. The van der Waals surface area contributed by atoms with Gasteiger partial charge in [0.2, 0.25) is 5.89 Å². The van der Waals surface area contributed by atoms with E-state index in [4.69, 9.17) is 18.6 Å². The summed E-state index contributed by atoms with van der Waals surface area (Å²) in [6, 6.07) is 13.6. The lowest BCUT2D eigenvalue weighted by Gasteiger charge is -2.18. The molecule has 0 N–H and O–H groups in total. The topological polar surface area (TPSA) is 53.7 Å². The van der Waals surface area contributed by atoms with E-state index in [1.807, 2.05) is 36.4 Å². The van der Waals surface area contributed by atoms with Gasteiger partial charge in [0.25, 0.3) is 0 Å². The van der Waals surface area contributed by atoms with Gasteiger partial charge >= 0.3 is 0 Å². The maximum absolute atomic E-state index is 6.03. The quantitative estimate of drug-likeness (QED) is 0.670.